The molecule has 0 aliphatic rings. The number of nitrogens with zero attached hydrogens (tertiary/aromatic N) is 2. The molecule has 3 aromatic rings. The summed E-state index contributed by atoms with van der Waals surface area (Å²) in [5.41, 5.74) is 0.0317. The Balaban J connectivity index is 2.01. The number of carbonyl (C=O) groups is 1. The van der Waals surface area contributed by atoms with E-state index in [-0.39, 0.29) is 49.5 Å². The van der Waals surface area contributed by atoms with E-state index < -0.39 is 22.1 Å². The molecule has 2 N–H and O–H groups in total. The highest BCUT2D eigenvalue weighted by Crippen LogP contribution is 2.20. The molecule has 1 heterocycles. The van der Waals surface area contributed by atoms with E-state index in [0.29, 0.717) is 11.1 Å². The number of carbonyl (C=O) groups excluding carboxylic acids is 1. The molecule has 0 radical (unpaired) electrons. The van der Waals surface area contributed by atoms with Crippen molar-refractivity contribution in [2.75, 3.05) is 26.4 Å². The van der Waals surface area contributed by atoms with Gasteiger partial charge in [-0.3, -0.25) is 19.7 Å². The summed E-state index contributed by atoms with van der Waals surface area (Å²) in [4.78, 5) is 36.1. The standard InChI is InChI=1S/C21H20FN3O6/c22-15-3-1-14(2-4-15)12-24-13-18(21(28)23-7-9-31-10-8-26)20(27)17-11-16(25(29)30)5-6-19(17)24/h1-6,11,13,26H,7-10,12H2,(H,23,28). The van der Waals surface area contributed by atoms with Crippen LogP contribution in [0.2, 0.25) is 0 Å². The van der Waals surface area contributed by atoms with Gasteiger partial charge in [-0.15, -0.1) is 0 Å². The lowest BCUT2D eigenvalue weighted by atomic mass is 10.1. The minimum absolute atomic E-state index is 0.0282. The Morgan fingerprint density at radius 2 is 1.94 bits per heavy atom. The Morgan fingerprint density at radius 1 is 1.19 bits per heavy atom. The number of ether oxygens (including phenoxy) is 1. The Labute approximate surface area is 175 Å². The van der Waals surface area contributed by atoms with Crippen molar-refractivity contribution in [3.63, 3.8) is 0 Å². The molecule has 1 amide bonds. The van der Waals surface area contributed by atoms with E-state index >= 15 is 0 Å². The van der Waals surface area contributed by atoms with Crippen molar-refractivity contribution in [1.82, 2.24) is 9.88 Å². The van der Waals surface area contributed by atoms with Gasteiger partial charge in [0.05, 0.1) is 35.6 Å². The Kier molecular flexibility index (Phi) is 7.06. The lowest BCUT2D eigenvalue weighted by molar-refractivity contribution is -0.384. The molecule has 0 aliphatic carbocycles. The Hall–Kier alpha value is -3.63. The quantitative estimate of drug-likeness (QED) is 0.304. The largest absolute Gasteiger partial charge is 0.394 e. The molecule has 0 spiro atoms. The third-order valence-electron chi connectivity index (χ3n) is 4.55. The third kappa shape index (κ3) is 5.30. The van der Waals surface area contributed by atoms with Gasteiger partial charge in [0.2, 0.25) is 5.43 Å². The molecule has 9 nitrogen and oxygen atoms in total. The lowest BCUT2D eigenvalue weighted by Gasteiger charge is -2.14. The number of aliphatic hydroxyl groups is 1. The van der Waals surface area contributed by atoms with Crippen LogP contribution in [-0.2, 0) is 11.3 Å². The van der Waals surface area contributed by atoms with Gasteiger partial charge in [-0.25, -0.2) is 4.39 Å². The normalized spacial score (nSPS) is 10.9. The molecule has 31 heavy (non-hydrogen) atoms. The predicted molar refractivity (Wildman–Crippen MR) is 111 cm³/mol. The molecular formula is C21H20FN3O6. The summed E-state index contributed by atoms with van der Waals surface area (Å²) < 4.78 is 19.9. The van der Waals surface area contributed by atoms with E-state index in [1.54, 1.807) is 16.7 Å². The molecule has 0 aliphatic heterocycles. The fourth-order valence-corrected chi connectivity index (χ4v) is 3.08. The maximum atomic E-state index is 13.2. The van der Waals surface area contributed by atoms with Gasteiger partial charge < -0.3 is 19.7 Å². The fourth-order valence-electron chi connectivity index (χ4n) is 3.08. The number of non-ortho nitro benzene ring substituents is 1. The van der Waals surface area contributed by atoms with Crippen molar-refractivity contribution in [2.45, 2.75) is 6.54 Å². The summed E-state index contributed by atoms with van der Waals surface area (Å²) in [7, 11) is 0. The van der Waals surface area contributed by atoms with Crippen LogP contribution in [0.4, 0.5) is 10.1 Å². The molecular weight excluding hydrogens is 409 g/mol. The number of pyridine rings is 1. The molecule has 162 valence electrons. The van der Waals surface area contributed by atoms with Crippen molar-refractivity contribution in [3.8, 4) is 0 Å². The van der Waals surface area contributed by atoms with Crippen LogP contribution in [0, 0.1) is 15.9 Å². The highest BCUT2D eigenvalue weighted by Gasteiger charge is 2.18. The molecule has 2 aromatic carbocycles. The first kappa shape index (κ1) is 22.1. The van der Waals surface area contributed by atoms with Crippen LogP contribution in [0.5, 0.6) is 0 Å². The topological polar surface area (TPSA) is 124 Å². The van der Waals surface area contributed by atoms with Crippen LogP contribution in [0.15, 0.2) is 53.5 Å². The van der Waals surface area contributed by atoms with Crippen LogP contribution in [0.3, 0.4) is 0 Å². The Bertz CT molecular complexity index is 1160. The minimum atomic E-state index is -0.654. The molecule has 0 saturated carbocycles. The maximum Gasteiger partial charge on any atom is 0.270 e. The minimum Gasteiger partial charge on any atom is -0.394 e. The molecule has 3 rings (SSSR count). The molecule has 0 bridgehead atoms. The second kappa shape index (κ2) is 9.92. The first-order valence-electron chi connectivity index (χ1n) is 9.43. The SMILES string of the molecule is O=C(NCCOCCO)c1cn(Cc2ccc(F)cc2)c2ccc([N+](=O)[O-])cc2c1=O. The number of hydrogen-bond acceptors (Lipinski definition) is 6. The number of amides is 1. The van der Waals surface area contributed by atoms with E-state index in [0.717, 1.165) is 6.07 Å². The Morgan fingerprint density at radius 3 is 2.61 bits per heavy atom. The zero-order chi connectivity index (χ0) is 22.4. The number of nitrogens with one attached hydrogen (secondary N) is 1. The van der Waals surface area contributed by atoms with Gasteiger partial charge in [0.1, 0.15) is 11.4 Å². The smallest absolute Gasteiger partial charge is 0.270 e. The average Bonchev–Trinajstić information content (AvgIpc) is 2.76. The first-order valence-corrected chi connectivity index (χ1v) is 9.43. The van der Waals surface area contributed by atoms with Gasteiger partial charge >= 0.3 is 0 Å². The number of nitro benzene ring substituents is 1. The van der Waals surface area contributed by atoms with Gasteiger partial charge in [0.15, 0.2) is 0 Å². The summed E-state index contributed by atoms with van der Waals surface area (Å²) in [5.74, 6) is -1.05. The monoisotopic (exact) mass is 429 g/mol. The highest BCUT2D eigenvalue weighted by atomic mass is 19.1. The number of hydrogen-bond donors (Lipinski definition) is 2. The van der Waals surface area contributed by atoms with Crippen LogP contribution in [0.25, 0.3) is 10.9 Å². The zero-order valence-electron chi connectivity index (χ0n) is 16.4. The zero-order valence-corrected chi connectivity index (χ0v) is 16.4. The van der Waals surface area contributed by atoms with Crippen LogP contribution in [0.1, 0.15) is 15.9 Å². The van der Waals surface area contributed by atoms with Crippen molar-refractivity contribution >= 4 is 22.5 Å². The molecule has 0 unspecified atom stereocenters. The number of rotatable bonds is 9. The van der Waals surface area contributed by atoms with E-state index in [1.807, 2.05) is 0 Å². The number of aliphatic hydroxyl groups excluding tert-OH is 1. The number of benzene rings is 2. The van der Waals surface area contributed by atoms with Gasteiger partial charge in [0, 0.05) is 31.4 Å². The number of nitro groups is 1. The summed E-state index contributed by atoms with van der Waals surface area (Å²) in [6.45, 7) is 0.457. The lowest BCUT2D eigenvalue weighted by Crippen LogP contribution is -2.32. The third-order valence-corrected chi connectivity index (χ3v) is 4.55. The second-order valence-corrected chi connectivity index (χ2v) is 6.68. The van der Waals surface area contributed by atoms with Crippen LogP contribution >= 0.6 is 0 Å². The van der Waals surface area contributed by atoms with Gasteiger partial charge in [-0.1, -0.05) is 12.1 Å². The van der Waals surface area contributed by atoms with E-state index in [1.165, 1.54) is 30.5 Å². The highest BCUT2D eigenvalue weighted by molar-refractivity contribution is 5.97. The molecule has 0 fully saturated rings. The van der Waals surface area contributed by atoms with Crippen molar-refractivity contribution in [3.05, 3.63) is 85.9 Å². The van der Waals surface area contributed by atoms with Crippen LogP contribution in [-0.4, -0.2) is 46.9 Å². The van der Waals surface area contributed by atoms with E-state index in [2.05, 4.69) is 5.32 Å². The molecule has 1 aromatic heterocycles. The average molecular weight is 429 g/mol. The first-order chi connectivity index (χ1) is 14.9. The van der Waals surface area contributed by atoms with Gasteiger partial charge in [0.25, 0.3) is 11.6 Å². The number of halogens is 1. The van der Waals surface area contributed by atoms with Gasteiger partial charge in [-0.2, -0.15) is 0 Å². The summed E-state index contributed by atoms with van der Waals surface area (Å²) in [6.07, 6.45) is 1.38. The van der Waals surface area contributed by atoms with E-state index in [9.17, 15) is 24.1 Å². The number of aromatic nitrogens is 1. The predicted octanol–water partition coefficient (Wildman–Crippen LogP) is 1.84. The van der Waals surface area contributed by atoms with E-state index in [4.69, 9.17) is 9.84 Å². The summed E-state index contributed by atoms with van der Waals surface area (Å²) in [6, 6.07) is 9.60. The fraction of sp³-hybridized carbons (Fsp3) is 0.238. The summed E-state index contributed by atoms with van der Waals surface area (Å²) >= 11 is 0. The molecule has 10 heteroatoms. The number of fused-ring (bicyclic) bond motifs is 1. The summed E-state index contributed by atoms with van der Waals surface area (Å²) in [5, 5.41) is 22.4. The molecule has 0 atom stereocenters. The maximum absolute atomic E-state index is 13.2. The van der Waals surface area contributed by atoms with Crippen molar-refractivity contribution in [1.29, 1.82) is 0 Å². The van der Waals surface area contributed by atoms with Crippen molar-refractivity contribution in [2.24, 2.45) is 0 Å². The molecule has 0 saturated heterocycles. The van der Waals surface area contributed by atoms with Crippen molar-refractivity contribution < 1.29 is 24.0 Å². The second-order valence-electron chi connectivity index (χ2n) is 6.68. The van der Waals surface area contributed by atoms with Crippen LogP contribution < -0.4 is 10.7 Å². The van der Waals surface area contributed by atoms with Gasteiger partial charge in [-0.05, 0) is 23.8 Å².